The minimum Gasteiger partial charge on any atom is -0.374 e. The van der Waals surface area contributed by atoms with Crippen molar-refractivity contribution in [2.24, 2.45) is 0 Å². The molecule has 0 bridgehead atoms. The maximum Gasteiger partial charge on any atom is 0.282 e. The first-order valence-electron chi connectivity index (χ1n) is 5.57. The Morgan fingerprint density at radius 2 is 2.22 bits per heavy atom. The molecule has 18 heavy (non-hydrogen) atoms. The van der Waals surface area contributed by atoms with Crippen LogP contribution in [0.15, 0.2) is 6.07 Å². The first-order chi connectivity index (χ1) is 8.63. The fraction of sp³-hybridized carbons (Fsp3) is 0.500. The van der Waals surface area contributed by atoms with E-state index in [-0.39, 0.29) is 5.69 Å². The number of rotatable bonds is 4. The molecule has 0 aliphatic heterocycles. The molecule has 0 atom stereocenters. The van der Waals surface area contributed by atoms with Crippen molar-refractivity contribution in [1.82, 2.24) is 20.0 Å². The summed E-state index contributed by atoms with van der Waals surface area (Å²) in [4.78, 5) is 0. The van der Waals surface area contributed by atoms with Gasteiger partial charge in [-0.2, -0.15) is 5.10 Å². The first kappa shape index (κ1) is 11.5. The van der Waals surface area contributed by atoms with Gasteiger partial charge < -0.3 is 5.73 Å². The van der Waals surface area contributed by atoms with Gasteiger partial charge in [-0.1, -0.05) is 11.3 Å². The molecule has 1 fully saturated rings. The zero-order valence-electron chi connectivity index (χ0n) is 9.38. The van der Waals surface area contributed by atoms with Gasteiger partial charge in [-0.3, -0.25) is 4.68 Å². The number of alkyl halides is 2. The maximum atomic E-state index is 12.7. The predicted octanol–water partition coefficient (Wildman–Crippen LogP) is 2.18. The van der Waals surface area contributed by atoms with Crippen molar-refractivity contribution in [3.05, 3.63) is 22.5 Å². The van der Waals surface area contributed by atoms with Crippen LogP contribution >= 0.6 is 11.3 Å². The number of nitrogens with two attached hydrogens (primary N) is 1. The normalized spacial score (nSPS) is 15.5. The van der Waals surface area contributed by atoms with E-state index in [9.17, 15) is 8.78 Å². The van der Waals surface area contributed by atoms with Crippen molar-refractivity contribution in [1.29, 1.82) is 0 Å². The van der Waals surface area contributed by atoms with Crippen LogP contribution in [0.5, 0.6) is 0 Å². The highest BCUT2D eigenvalue weighted by atomic mass is 32.1. The van der Waals surface area contributed by atoms with Crippen LogP contribution in [0.1, 0.15) is 41.6 Å². The van der Waals surface area contributed by atoms with Gasteiger partial charge in [-0.15, -0.1) is 10.2 Å². The lowest BCUT2D eigenvalue weighted by Crippen LogP contribution is -2.05. The molecule has 5 nitrogen and oxygen atoms in total. The molecule has 0 amide bonds. The SMILES string of the molecule is Nc1nnc(Cn2nc(C(F)F)cc2C2CC2)s1. The molecule has 1 aliphatic rings. The van der Waals surface area contributed by atoms with Gasteiger partial charge in [-0.25, -0.2) is 8.78 Å². The highest BCUT2D eigenvalue weighted by molar-refractivity contribution is 7.15. The summed E-state index contributed by atoms with van der Waals surface area (Å²) in [6.07, 6.45) is -0.470. The molecular formula is C10H11F2N5S. The van der Waals surface area contributed by atoms with E-state index in [0.717, 1.165) is 18.5 Å². The van der Waals surface area contributed by atoms with Crippen molar-refractivity contribution in [2.45, 2.75) is 31.7 Å². The summed E-state index contributed by atoms with van der Waals surface area (Å²) in [6, 6.07) is 1.49. The smallest absolute Gasteiger partial charge is 0.282 e. The molecule has 2 aromatic rings. The molecule has 2 heterocycles. The number of nitrogens with zero attached hydrogens (tertiary/aromatic N) is 4. The Labute approximate surface area is 106 Å². The lowest BCUT2D eigenvalue weighted by atomic mass is 10.2. The predicted molar refractivity (Wildman–Crippen MR) is 62.6 cm³/mol. The summed E-state index contributed by atoms with van der Waals surface area (Å²) in [5, 5.41) is 12.6. The summed E-state index contributed by atoms with van der Waals surface area (Å²) in [5.41, 5.74) is 6.18. The number of halogens is 2. The van der Waals surface area contributed by atoms with Gasteiger partial charge >= 0.3 is 0 Å². The van der Waals surface area contributed by atoms with Gasteiger partial charge in [0.15, 0.2) is 0 Å². The van der Waals surface area contributed by atoms with E-state index in [4.69, 9.17) is 5.73 Å². The topological polar surface area (TPSA) is 69.6 Å². The van der Waals surface area contributed by atoms with Gasteiger partial charge in [0.25, 0.3) is 6.43 Å². The van der Waals surface area contributed by atoms with Crippen molar-refractivity contribution >= 4 is 16.5 Å². The molecule has 0 unspecified atom stereocenters. The van der Waals surface area contributed by atoms with Crippen molar-refractivity contribution in [3.8, 4) is 0 Å². The minimum absolute atomic E-state index is 0.172. The third-order valence-corrected chi connectivity index (χ3v) is 3.55. The molecule has 1 aliphatic carbocycles. The van der Waals surface area contributed by atoms with E-state index < -0.39 is 6.43 Å². The van der Waals surface area contributed by atoms with Gasteiger partial charge in [0, 0.05) is 11.6 Å². The fourth-order valence-corrected chi connectivity index (χ4v) is 2.44. The summed E-state index contributed by atoms with van der Waals surface area (Å²) >= 11 is 1.25. The fourth-order valence-electron chi connectivity index (χ4n) is 1.85. The Morgan fingerprint density at radius 3 is 2.78 bits per heavy atom. The van der Waals surface area contributed by atoms with Crippen LogP contribution in [0.4, 0.5) is 13.9 Å². The monoisotopic (exact) mass is 271 g/mol. The van der Waals surface area contributed by atoms with E-state index in [0.29, 0.717) is 22.6 Å². The van der Waals surface area contributed by atoms with E-state index in [1.165, 1.54) is 17.4 Å². The Kier molecular flexibility index (Phi) is 2.73. The van der Waals surface area contributed by atoms with Crippen LogP contribution in [0.2, 0.25) is 0 Å². The molecule has 96 valence electrons. The molecule has 0 saturated heterocycles. The van der Waals surface area contributed by atoms with Gasteiger partial charge in [0.2, 0.25) is 5.13 Å². The largest absolute Gasteiger partial charge is 0.374 e. The van der Waals surface area contributed by atoms with E-state index in [1.54, 1.807) is 4.68 Å². The molecule has 0 spiro atoms. The van der Waals surface area contributed by atoms with Crippen molar-refractivity contribution in [2.75, 3.05) is 5.73 Å². The van der Waals surface area contributed by atoms with Crippen LogP contribution in [-0.2, 0) is 6.54 Å². The lowest BCUT2D eigenvalue weighted by molar-refractivity contribution is 0.145. The second-order valence-electron chi connectivity index (χ2n) is 4.26. The van der Waals surface area contributed by atoms with E-state index >= 15 is 0 Å². The quantitative estimate of drug-likeness (QED) is 0.925. The first-order valence-corrected chi connectivity index (χ1v) is 6.39. The highest BCUT2D eigenvalue weighted by Gasteiger charge is 2.29. The van der Waals surface area contributed by atoms with Crippen molar-refractivity contribution in [3.63, 3.8) is 0 Å². The summed E-state index contributed by atoms with van der Waals surface area (Å²) in [5.74, 6) is 0.357. The third-order valence-electron chi connectivity index (χ3n) is 2.82. The van der Waals surface area contributed by atoms with Crippen LogP contribution in [0.3, 0.4) is 0 Å². The average molecular weight is 271 g/mol. The Bertz CT molecular complexity index is 560. The molecule has 3 rings (SSSR count). The van der Waals surface area contributed by atoms with Crippen LogP contribution in [0, 0.1) is 0 Å². The minimum atomic E-state index is -2.54. The molecule has 0 aromatic carbocycles. The number of anilines is 1. The Balaban J connectivity index is 1.89. The number of hydrogen-bond acceptors (Lipinski definition) is 5. The van der Waals surface area contributed by atoms with Crippen LogP contribution in [0.25, 0.3) is 0 Å². The van der Waals surface area contributed by atoms with Crippen molar-refractivity contribution < 1.29 is 8.78 Å². The zero-order valence-corrected chi connectivity index (χ0v) is 10.2. The summed E-state index contributed by atoms with van der Waals surface area (Å²) < 4.78 is 26.9. The van der Waals surface area contributed by atoms with Gasteiger partial charge in [-0.05, 0) is 18.9 Å². The number of nitrogen functional groups attached to an aromatic ring is 1. The standard InChI is InChI=1S/C10H11F2N5S/c11-9(12)6-3-7(5-1-2-5)17(16-6)4-8-14-15-10(13)18-8/h3,5,9H,1-2,4H2,(H2,13,15). The van der Waals surface area contributed by atoms with Crippen LogP contribution in [-0.4, -0.2) is 20.0 Å². The summed E-state index contributed by atoms with van der Waals surface area (Å²) in [7, 11) is 0. The second kappa shape index (κ2) is 4.27. The van der Waals surface area contributed by atoms with Gasteiger partial charge in [0.1, 0.15) is 10.7 Å². The maximum absolute atomic E-state index is 12.7. The third kappa shape index (κ3) is 2.20. The molecular weight excluding hydrogens is 260 g/mol. The van der Waals surface area contributed by atoms with E-state index in [1.807, 2.05) is 0 Å². The van der Waals surface area contributed by atoms with Gasteiger partial charge in [0.05, 0.1) is 6.54 Å². The number of hydrogen-bond donors (Lipinski definition) is 1. The molecule has 1 saturated carbocycles. The zero-order chi connectivity index (χ0) is 12.7. The molecule has 2 N–H and O–H groups in total. The van der Waals surface area contributed by atoms with Crippen LogP contribution < -0.4 is 5.73 Å². The average Bonchev–Trinajstić information content (AvgIpc) is 2.95. The van der Waals surface area contributed by atoms with E-state index in [2.05, 4.69) is 15.3 Å². The number of aromatic nitrogens is 4. The summed E-state index contributed by atoms with van der Waals surface area (Å²) in [6.45, 7) is 0.355. The molecule has 8 heteroatoms. The lowest BCUT2D eigenvalue weighted by Gasteiger charge is -2.02. The Morgan fingerprint density at radius 1 is 1.44 bits per heavy atom. The Hall–Kier alpha value is -1.57. The molecule has 2 aromatic heterocycles. The highest BCUT2D eigenvalue weighted by Crippen LogP contribution is 2.41. The molecule has 0 radical (unpaired) electrons. The second-order valence-corrected chi connectivity index (χ2v) is 5.35.